The minimum Gasteiger partial charge on any atom is -0.395 e. The smallest absolute Gasteiger partial charge is 0.113 e. The van der Waals surface area contributed by atoms with Gasteiger partial charge in [-0.15, -0.1) is 0 Å². The van der Waals surface area contributed by atoms with E-state index in [2.05, 4.69) is 52.1 Å². The van der Waals surface area contributed by atoms with Crippen molar-refractivity contribution in [1.82, 2.24) is 9.88 Å². The molecular formula is C30H29ClN2O. The number of aliphatic hydroxyl groups is 1. The quantitative estimate of drug-likeness (QED) is 0.463. The molecule has 4 heteroatoms. The predicted molar refractivity (Wildman–Crippen MR) is 140 cm³/mol. The molecule has 1 N–H and O–H groups in total. The van der Waals surface area contributed by atoms with Crippen molar-refractivity contribution in [1.29, 1.82) is 0 Å². The zero-order valence-corrected chi connectivity index (χ0v) is 20.0. The molecule has 2 heterocycles. The first-order valence-corrected chi connectivity index (χ1v) is 12.5. The fourth-order valence-corrected chi connectivity index (χ4v) is 5.20. The van der Waals surface area contributed by atoms with Gasteiger partial charge in [0.25, 0.3) is 0 Å². The van der Waals surface area contributed by atoms with Gasteiger partial charge in [0.15, 0.2) is 0 Å². The Morgan fingerprint density at radius 1 is 0.882 bits per heavy atom. The van der Waals surface area contributed by atoms with Crippen LogP contribution in [0.3, 0.4) is 0 Å². The number of rotatable bonds is 4. The highest BCUT2D eigenvalue weighted by atomic mass is 35.5. The summed E-state index contributed by atoms with van der Waals surface area (Å²) in [5.41, 5.74) is 6.57. The van der Waals surface area contributed by atoms with E-state index >= 15 is 0 Å². The predicted octanol–water partition coefficient (Wildman–Crippen LogP) is 6.19. The molecule has 0 radical (unpaired) electrons. The third-order valence-electron chi connectivity index (χ3n) is 6.93. The monoisotopic (exact) mass is 468 g/mol. The van der Waals surface area contributed by atoms with Gasteiger partial charge in [-0.2, -0.15) is 0 Å². The summed E-state index contributed by atoms with van der Waals surface area (Å²) in [5, 5.41) is 10.4. The molecule has 172 valence electrons. The molecule has 1 fully saturated rings. The number of halogens is 1. The van der Waals surface area contributed by atoms with Crippen LogP contribution in [0.5, 0.6) is 0 Å². The molecule has 3 aromatic rings. The average molecular weight is 469 g/mol. The van der Waals surface area contributed by atoms with Gasteiger partial charge < -0.3 is 5.11 Å². The number of likely N-dealkylation sites (tertiary alicyclic amines) is 1. The topological polar surface area (TPSA) is 36.4 Å². The Balaban J connectivity index is 1.26. The fourth-order valence-electron chi connectivity index (χ4n) is 5.08. The zero-order valence-electron chi connectivity index (χ0n) is 19.3. The number of hydrogen-bond donors (Lipinski definition) is 1. The molecule has 2 unspecified atom stereocenters. The van der Waals surface area contributed by atoms with Crippen LogP contribution >= 0.6 is 11.6 Å². The Bertz CT molecular complexity index is 1200. The summed E-state index contributed by atoms with van der Waals surface area (Å²) in [4.78, 5) is 7.01. The van der Waals surface area contributed by atoms with E-state index in [-0.39, 0.29) is 6.61 Å². The van der Waals surface area contributed by atoms with E-state index < -0.39 is 0 Å². The summed E-state index contributed by atoms with van der Waals surface area (Å²) in [7, 11) is 0. The maximum absolute atomic E-state index is 9.70. The molecule has 0 spiro atoms. The molecule has 0 amide bonds. The highest BCUT2D eigenvalue weighted by molar-refractivity contribution is 6.30. The van der Waals surface area contributed by atoms with Crippen LogP contribution in [0.25, 0.3) is 16.7 Å². The number of pyridine rings is 1. The van der Waals surface area contributed by atoms with Crippen molar-refractivity contribution in [2.24, 2.45) is 0 Å². The highest BCUT2D eigenvalue weighted by Crippen LogP contribution is 2.32. The first-order chi connectivity index (χ1) is 16.7. The molecule has 3 nitrogen and oxygen atoms in total. The van der Waals surface area contributed by atoms with Crippen molar-refractivity contribution in [3.05, 3.63) is 94.8 Å². The van der Waals surface area contributed by atoms with E-state index in [0.717, 1.165) is 46.8 Å². The van der Waals surface area contributed by atoms with Crippen molar-refractivity contribution < 1.29 is 5.11 Å². The molecule has 5 rings (SSSR count). The van der Waals surface area contributed by atoms with E-state index in [0.29, 0.717) is 12.1 Å². The second-order valence-corrected chi connectivity index (χ2v) is 9.57. The summed E-state index contributed by atoms with van der Waals surface area (Å²) >= 11 is 5.97. The third-order valence-corrected chi connectivity index (χ3v) is 7.18. The highest BCUT2D eigenvalue weighted by Gasteiger charge is 2.30. The number of aliphatic hydroxyl groups excluding tert-OH is 1. The normalized spacial score (nSPS) is 20.5. The molecule has 0 saturated carbocycles. The van der Waals surface area contributed by atoms with E-state index in [1.165, 1.54) is 30.4 Å². The number of allylic oxidation sites excluding steroid dienone is 1. The molecule has 34 heavy (non-hydrogen) atoms. The van der Waals surface area contributed by atoms with Crippen LogP contribution in [0, 0.1) is 11.8 Å². The lowest BCUT2D eigenvalue weighted by atomic mass is 9.89. The van der Waals surface area contributed by atoms with Gasteiger partial charge in [0.05, 0.1) is 6.61 Å². The SMILES string of the molecule is OCC1CCCN1C1C=C(c2ccc(C#Cc3ccc(-c4ccc(Cl)cc4)cn3)cc2)CCC1. The maximum atomic E-state index is 9.70. The lowest BCUT2D eigenvalue weighted by Crippen LogP contribution is -2.40. The van der Waals surface area contributed by atoms with Gasteiger partial charge in [-0.1, -0.05) is 53.9 Å². The average Bonchev–Trinajstić information content (AvgIpc) is 3.38. The van der Waals surface area contributed by atoms with Gasteiger partial charge >= 0.3 is 0 Å². The first kappa shape index (κ1) is 22.9. The summed E-state index contributed by atoms with van der Waals surface area (Å²) in [6.07, 6.45) is 10.1. The third kappa shape index (κ3) is 5.26. The van der Waals surface area contributed by atoms with Crippen molar-refractivity contribution in [3.8, 4) is 23.0 Å². The Kier molecular flexibility index (Phi) is 7.11. The molecule has 0 bridgehead atoms. The van der Waals surface area contributed by atoms with E-state index in [9.17, 15) is 5.11 Å². The van der Waals surface area contributed by atoms with Gasteiger partial charge in [-0.05, 0) is 91.6 Å². The Morgan fingerprint density at radius 2 is 1.65 bits per heavy atom. The van der Waals surface area contributed by atoms with Crippen molar-refractivity contribution >= 4 is 17.2 Å². The van der Waals surface area contributed by atoms with Gasteiger partial charge in [0, 0.05) is 34.4 Å². The Labute approximate surface area is 207 Å². The van der Waals surface area contributed by atoms with E-state index in [1.54, 1.807) is 0 Å². The molecular weight excluding hydrogens is 440 g/mol. The standard InChI is InChI=1S/C30H29ClN2O/c31-27-14-11-24(12-15-27)26-13-17-28(32-20-26)16-8-22-6-9-23(10-7-22)25-3-1-4-29(19-25)33-18-2-5-30(33)21-34/h6-7,9-15,17,19-20,29-30,34H,1-5,18,21H2. The lowest BCUT2D eigenvalue weighted by Gasteiger charge is -2.33. The second kappa shape index (κ2) is 10.6. The molecule has 1 saturated heterocycles. The van der Waals surface area contributed by atoms with Crippen molar-refractivity contribution in [2.75, 3.05) is 13.2 Å². The summed E-state index contributed by atoms with van der Waals surface area (Å²) in [6, 6.07) is 21.1. The molecule has 1 aromatic heterocycles. The van der Waals surface area contributed by atoms with Crippen molar-refractivity contribution in [2.45, 2.75) is 44.2 Å². The second-order valence-electron chi connectivity index (χ2n) is 9.13. The van der Waals surface area contributed by atoms with Crippen LogP contribution in [0.15, 0.2) is 72.9 Å². The van der Waals surface area contributed by atoms with Crippen LogP contribution in [-0.4, -0.2) is 40.2 Å². The summed E-state index contributed by atoms with van der Waals surface area (Å²) in [5.74, 6) is 6.42. The van der Waals surface area contributed by atoms with Crippen LogP contribution < -0.4 is 0 Å². The van der Waals surface area contributed by atoms with Gasteiger partial charge in [-0.25, -0.2) is 4.98 Å². The minimum absolute atomic E-state index is 0.270. The number of aromatic nitrogens is 1. The number of hydrogen-bond acceptors (Lipinski definition) is 3. The molecule has 2 aliphatic rings. The molecule has 2 aromatic carbocycles. The fraction of sp³-hybridized carbons (Fsp3) is 0.300. The van der Waals surface area contributed by atoms with Crippen LogP contribution in [0.4, 0.5) is 0 Å². The van der Waals surface area contributed by atoms with Gasteiger partial charge in [-0.3, -0.25) is 4.90 Å². The van der Waals surface area contributed by atoms with Gasteiger partial charge in [0.1, 0.15) is 5.69 Å². The van der Waals surface area contributed by atoms with E-state index in [4.69, 9.17) is 11.6 Å². The Morgan fingerprint density at radius 3 is 2.38 bits per heavy atom. The van der Waals surface area contributed by atoms with Crippen LogP contribution in [-0.2, 0) is 0 Å². The van der Waals surface area contributed by atoms with Crippen molar-refractivity contribution in [3.63, 3.8) is 0 Å². The Hall–Kier alpha value is -2.90. The maximum Gasteiger partial charge on any atom is 0.113 e. The van der Waals surface area contributed by atoms with Crippen LogP contribution in [0.1, 0.15) is 48.9 Å². The molecule has 1 aliphatic carbocycles. The summed E-state index contributed by atoms with van der Waals surface area (Å²) in [6.45, 7) is 1.37. The lowest BCUT2D eigenvalue weighted by molar-refractivity contribution is 0.130. The zero-order chi connectivity index (χ0) is 23.3. The number of benzene rings is 2. The largest absolute Gasteiger partial charge is 0.395 e. The first-order valence-electron chi connectivity index (χ1n) is 12.1. The molecule has 2 atom stereocenters. The van der Waals surface area contributed by atoms with Crippen LogP contribution in [0.2, 0.25) is 5.02 Å². The van der Waals surface area contributed by atoms with E-state index in [1.807, 2.05) is 42.6 Å². The minimum atomic E-state index is 0.270. The molecule has 1 aliphatic heterocycles. The number of nitrogens with zero attached hydrogens (tertiary/aromatic N) is 2. The van der Waals surface area contributed by atoms with Gasteiger partial charge in [0.2, 0.25) is 0 Å². The summed E-state index contributed by atoms with van der Waals surface area (Å²) < 4.78 is 0.